The first-order valence-electron chi connectivity index (χ1n) is 25.1. The summed E-state index contributed by atoms with van der Waals surface area (Å²) in [5.41, 5.74) is 6.50. The molecule has 4 atom stereocenters. The number of fused-ring (bicyclic) bond motifs is 1. The van der Waals surface area contributed by atoms with Crippen LogP contribution in [-0.2, 0) is 55.8 Å². The molecule has 3 aromatic rings. The first kappa shape index (κ1) is 58.3. The molecule has 4 rings (SSSR count). The molecule has 390 valence electrons. The van der Waals surface area contributed by atoms with Crippen LogP contribution in [0.5, 0.6) is 0 Å². The fourth-order valence-corrected chi connectivity index (χ4v) is 8.54. The Morgan fingerprint density at radius 2 is 1.31 bits per heavy atom. The molecule has 1 aliphatic rings. The normalized spacial score (nSPS) is 16.6. The molecule has 0 bridgehead atoms. The molecule has 0 aliphatic heterocycles. The summed E-state index contributed by atoms with van der Waals surface area (Å²) in [6.07, 6.45) is 5.57. The summed E-state index contributed by atoms with van der Waals surface area (Å²) in [7, 11) is 0. The van der Waals surface area contributed by atoms with E-state index in [9.17, 15) is 33.6 Å². The highest BCUT2D eigenvalue weighted by Gasteiger charge is 2.32. The van der Waals surface area contributed by atoms with E-state index in [1.54, 1.807) is 41.5 Å². The first-order valence-corrected chi connectivity index (χ1v) is 26.2. The molecule has 1 saturated carbocycles. The number of benzene rings is 3. The highest BCUT2D eigenvalue weighted by Crippen LogP contribution is 2.29. The summed E-state index contributed by atoms with van der Waals surface area (Å²) in [5.74, 6) is -2.76. The molecule has 1 aliphatic carbocycles. The molecule has 0 heterocycles. The third-order valence-corrected chi connectivity index (χ3v) is 12.7. The Morgan fingerprint density at radius 3 is 1.96 bits per heavy atom. The number of hydrogen-bond acceptors (Lipinski definition) is 11. The zero-order valence-corrected chi connectivity index (χ0v) is 44.8. The number of rotatable bonds is 25. The van der Waals surface area contributed by atoms with Gasteiger partial charge < -0.3 is 46.5 Å². The van der Waals surface area contributed by atoms with Crippen molar-refractivity contribution in [3.05, 3.63) is 81.4 Å². The van der Waals surface area contributed by atoms with Crippen LogP contribution in [0.15, 0.2) is 66.7 Å². The van der Waals surface area contributed by atoms with Gasteiger partial charge >= 0.3 is 23.9 Å². The van der Waals surface area contributed by atoms with Gasteiger partial charge in [0.15, 0.2) is 0 Å². The molecule has 5 amide bonds. The summed E-state index contributed by atoms with van der Waals surface area (Å²) in [6.45, 7) is 13.1. The van der Waals surface area contributed by atoms with E-state index >= 15 is 0 Å². The quantitative estimate of drug-likeness (QED) is 0.0217. The average molecular weight is 1100 g/mol. The van der Waals surface area contributed by atoms with Crippen LogP contribution < -0.4 is 32.3 Å². The van der Waals surface area contributed by atoms with Gasteiger partial charge in [0.2, 0.25) is 17.7 Å². The van der Waals surface area contributed by atoms with Crippen LogP contribution in [0.25, 0.3) is 10.8 Å². The van der Waals surface area contributed by atoms with Crippen molar-refractivity contribution in [1.82, 2.24) is 26.6 Å². The van der Waals surface area contributed by atoms with Crippen LogP contribution in [-0.4, -0.2) is 96.7 Å². The molecule has 0 aromatic heterocycles. The predicted octanol–water partition coefficient (Wildman–Crippen LogP) is 7.09. The second-order valence-corrected chi connectivity index (χ2v) is 21.8. The van der Waals surface area contributed by atoms with Gasteiger partial charge in [-0.3, -0.25) is 19.2 Å². The lowest BCUT2D eigenvalue weighted by Crippen LogP contribution is -2.52. The zero-order valence-electron chi connectivity index (χ0n) is 42.7. The van der Waals surface area contributed by atoms with Crippen LogP contribution in [0.3, 0.4) is 0 Å². The highest BCUT2D eigenvalue weighted by atomic mass is 127. The maximum atomic E-state index is 13.9. The molecular formula is C54H77IN6O10. The standard InChI is InChI=1S/C54H77IN6O10/c1-8-9-30-69-50(66)43(60-52(68)61-44(51(67)71-54(5,6)7)27-28-46(62)70-53(2,3)4)16-12-13-29-57-49(65)45(33-37-19-22-38-14-10-11-15-40(38)31-37)59-47(63)39-23-17-36(18-24-39)34-58-48(64)42(56)32-35-20-25-41(55)26-21-35/h10-11,14-15,19-22,25-26,31,36,39,42-45H,8-9,12-13,16-18,23-24,27-30,32-34,56H2,1-7H3,(H,57,65)(H,58,64)(H,59,63)(H2,60,61,68)/t36-,39-,42-,43-,44-,45-/m0/s1. The topological polar surface area (TPSA) is 233 Å². The Balaban J connectivity index is 1.34. The van der Waals surface area contributed by atoms with Crippen LogP contribution in [0.4, 0.5) is 4.79 Å². The van der Waals surface area contributed by atoms with Gasteiger partial charge in [0, 0.05) is 35.4 Å². The van der Waals surface area contributed by atoms with Crippen LogP contribution in [0, 0.1) is 15.4 Å². The number of ether oxygens (including phenoxy) is 3. The van der Waals surface area contributed by atoms with Gasteiger partial charge in [0.05, 0.1) is 12.6 Å². The number of esters is 3. The van der Waals surface area contributed by atoms with E-state index in [4.69, 9.17) is 19.9 Å². The van der Waals surface area contributed by atoms with Crippen molar-refractivity contribution in [2.24, 2.45) is 17.6 Å². The maximum Gasteiger partial charge on any atom is 0.329 e. The molecule has 0 radical (unpaired) electrons. The Bertz CT molecular complexity index is 2240. The van der Waals surface area contributed by atoms with Crippen LogP contribution >= 0.6 is 22.6 Å². The lowest BCUT2D eigenvalue weighted by Gasteiger charge is -2.29. The average Bonchev–Trinajstić information content (AvgIpc) is 3.30. The minimum Gasteiger partial charge on any atom is -0.464 e. The van der Waals surface area contributed by atoms with Gasteiger partial charge in [-0.15, -0.1) is 0 Å². The molecule has 71 heavy (non-hydrogen) atoms. The second kappa shape index (κ2) is 28.7. The van der Waals surface area contributed by atoms with Crippen molar-refractivity contribution in [3.63, 3.8) is 0 Å². The van der Waals surface area contributed by atoms with Gasteiger partial charge in [0.1, 0.15) is 29.3 Å². The van der Waals surface area contributed by atoms with E-state index in [1.165, 1.54) is 0 Å². The first-order chi connectivity index (χ1) is 33.6. The van der Waals surface area contributed by atoms with E-state index in [1.807, 2.05) is 73.7 Å². The highest BCUT2D eigenvalue weighted by molar-refractivity contribution is 14.1. The minimum absolute atomic E-state index is 0.0985. The number of nitrogens with one attached hydrogen (secondary N) is 5. The molecule has 3 aromatic carbocycles. The van der Waals surface area contributed by atoms with Gasteiger partial charge in [-0.25, -0.2) is 14.4 Å². The Morgan fingerprint density at radius 1 is 0.676 bits per heavy atom. The monoisotopic (exact) mass is 1100 g/mol. The summed E-state index contributed by atoms with van der Waals surface area (Å²) in [5, 5.41) is 16.4. The minimum atomic E-state index is -1.22. The predicted molar refractivity (Wildman–Crippen MR) is 282 cm³/mol. The maximum absolute atomic E-state index is 13.9. The molecular weight excluding hydrogens is 1020 g/mol. The van der Waals surface area contributed by atoms with E-state index < -0.39 is 59.3 Å². The van der Waals surface area contributed by atoms with Crippen molar-refractivity contribution < 1.29 is 47.8 Å². The van der Waals surface area contributed by atoms with E-state index in [2.05, 4.69) is 49.2 Å². The van der Waals surface area contributed by atoms with Crippen molar-refractivity contribution in [3.8, 4) is 0 Å². The summed E-state index contributed by atoms with van der Waals surface area (Å²) in [6, 6.07) is 17.2. The molecule has 7 N–H and O–H groups in total. The van der Waals surface area contributed by atoms with Crippen LogP contribution in [0.1, 0.15) is 130 Å². The molecule has 0 spiro atoms. The lowest BCUT2D eigenvalue weighted by molar-refractivity contribution is -0.158. The van der Waals surface area contributed by atoms with Crippen molar-refractivity contribution in [2.45, 2.75) is 167 Å². The molecule has 1 fully saturated rings. The van der Waals surface area contributed by atoms with Gasteiger partial charge in [-0.2, -0.15) is 0 Å². The van der Waals surface area contributed by atoms with Crippen LogP contribution in [0.2, 0.25) is 0 Å². The molecule has 16 nitrogen and oxygen atoms in total. The summed E-state index contributed by atoms with van der Waals surface area (Å²) < 4.78 is 17.5. The van der Waals surface area contributed by atoms with E-state index in [-0.39, 0.29) is 68.4 Å². The summed E-state index contributed by atoms with van der Waals surface area (Å²) in [4.78, 5) is 93.0. The summed E-state index contributed by atoms with van der Waals surface area (Å²) >= 11 is 2.24. The van der Waals surface area contributed by atoms with Gasteiger partial charge in [-0.1, -0.05) is 67.9 Å². The number of carbonyl (C=O) groups is 7. The third kappa shape index (κ3) is 21.9. The number of hydrogen-bond donors (Lipinski definition) is 6. The molecule has 17 heteroatoms. The smallest absolute Gasteiger partial charge is 0.329 e. The Hall–Kier alpha value is -5.30. The van der Waals surface area contributed by atoms with Gasteiger partial charge in [0.25, 0.3) is 0 Å². The number of amides is 5. The number of nitrogens with two attached hydrogens (primary N) is 1. The lowest BCUT2D eigenvalue weighted by atomic mass is 9.81. The Labute approximate surface area is 433 Å². The number of halogens is 1. The fourth-order valence-electron chi connectivity index (χ4n) is 8.18. The van der Waals surface area contributed by atoms with Crippen molar-refractivity contribution in [2.75, 3.05) is 19.7 Å². The number of carbonyl (C=O) groups excluding carboxylic acids is 7. The largest absolute Gasteiger partial charge is 0.464 e. The zero-order chi connectivity index (χ0) is 52.1. The molecule has 0 saturated heterocycles. The SMILES string of the molecule is CCCCOC(=O)[C@H](CCCCNC(=O)[C@H](Cc1ccc2ccccc2c1)NC(=O)[C@H]1CC[C@H](CNC(=O)[C@@H](N)Cc2ccc(I)cc2)CC1)NC(=O)N[C@@H](CCC(=O)OC(C)(C)C)C(=O)OC(C)(C)C. The second-order valence-electron chi connectivity index (χ2n) is 20.5. The number of unbranched alkanes of at least 4 members (excludes halogenated alkanes) is 2. The van der Waals surface area contributed by atoms with Crippen molar-refractivity contribution >= 4 is 75.0 Å². The van der Waals surface area contributed by atoms with Gasteiger partial charge in [-0.05, 0) is 168 Å². The Kier molecular flexibility index (Phi) is 23.5. The fraction of sp³-hybridized carbons (Fsp3) is 0.574. The van der Waals surface area contributed by atoms with Crippen molar-refractivity contribution in [1.29, 1.82) is 0 Å². The number of urea groups is 1. The van der Waals surface area contributed by atoms with E-state index in [0.29, 0.717) is 45.1 Å². The van der Waals surface area contributed by atoms with E-state index in [0.717, 1.165) is 44.7 Å². The molecule has 0 unspecified atom stereocenters. The third-order valence-electron chi connectivity index (χ3n) is 12.0.